The molecule has 0 saturated carbocycles. The van der Waals surface area contributed by atoms with Crippen molar-refractivity contribution in [3.8, 4) is 17.0 Å². The van der Waals surface area contributed by atoms with Crippen LogP contribution in [0.3, 0.4) is 0 Å². The lowest BCUT2D eigenvalue weighted by molar-refractivity contribution is 0.321. The zero-order chi connectivity index (χ0) is 11.5. The summed E-state index contributed by atoms with van der Waals surface area (Å²) in [5, 5.41) is 1.79. The number of benzene rings is 1. The molecule has 0 amide bonds. The molecule has 0 bridgehead atoms. The molecule has 1 heterocycles. The van der Waals surface area contributed by atoms with Gasteiger partial charge in [0.25, 0.3) is 0 Å². The van der Waals surface area contributed by atoms with Gasteiger partial charge in [0.05, 0.1) is 12.3 Å². The molecule has 0 aliphatic rings. The molecule has 5 heteroatoms. The molecule has 2 rings (SSSR count). The molecular weight excluding hydrogens is 249 g/mol. The molecule has 1 aromatic heterocycles. The molecule has 0 saturated heterocycles. The van der Waals surface area contributed by atoms with Crippen LogP contribution in [0.1, 0.15) is 6.92 Å². The fourth-order valence-corrected chi connectivity index (χ4v) is 2.09. The van der Waals surface area contributed by atoms with Gasteiger partial charge in [-0.15, -0.1) is 11.3 Å². The van der Waals surface area contributed by atoms with Crippen molar-refractivity contribution in [1.29, 1.82) is 0 Å². The molecule has 0 spiro atoms. The highest BCUT2D eigenvalue weighted by Gasteiger charge is 2.08. The van der Waals surface area contributed by atoms with E-state index in [1.54, 1.807) is 17.5 Å². The third kappa shape index (κ3) is 2.33. The molecule has 0 unspecified atom stereocenters. The van der Waals surface area contributed by atoms with Crippen molar-refractivity contribution < 1.29 is 9.13 Å². The van der Waals surface area contributed by atoms with Gasteiger partial charge < -0.3 is 4.74 Å². The Morgan fingerprint density at radius 2 is 2.31 bits per heavy atom. The monoisotopic (exact) mass is 257 g/mol. The third-order valence-corrected chi connectivity index (χ3v) is 2.98. The average Bonchev–Trinajstić information content (AvgIpc) is 2.68. The second-order valence-electron chi connectivity index (χ2n) is 3.06. The van der Waals surface area contributed by atoms with Gasteiger partial charge in [-0.25, -0.2) is 9.37 Å². The minimum Gasteiger partial charge on any atom is -0.491 e. The highest BCUT2D eigenvalue weighted by molar-refractivity contribution is 7.14. The van der Waals surface area contributed by atoms with Crippen LogP contribution in [0.5, 0.6) is 5.75 Å². The minimum atomic E-state index is -0.386. The normalized spacial score (nSPS) is 10.4. The van der Waals surface area contributed by atoms with Gasteiger partial charge in [0.2, 0.25) is 0 Å². The summed E-state index contributed by atoms with van der Waals surface area (Å²) in [5.41, 5.74) is 1.38. The van der Waals surface area contributed by atoms with Crippen molar-refractivity contribution in [2.45, 2.75) is 6.92 Å². The van der Waals surface area contributed by atoms with Crippen molar-refractivity contribution >= 4 is 22.9 Å². The summed E-state index contributed by atoms with van der Waals surface area (Å²) in [7, 11) is 0. The highest BCUT2D eigenvalue weighted by atomic mass is 35.5. The number of hydrogen-bond donors (Lipinski definition) is 0. The first-order valence-electron chi connectivity index (χ1n) is 4.74. The number of halogens is 2. The van der Waals surface area contributed by atoms with E-state index in [0.717, 1.165) is 0 Å². The molecule has 1 aromatic carbocycles. The van der Waals surface area contributed by atoms with E-state index >= 15 is 0 Å². The Labute approximate surface area is 102 Å². The van der Waals surface area contributed by atoms with Crippen LogP contribution < -0.4 is 4.74 Å². The van der Waals surface area contributed by atoms with Crippen LogP contribution in [-0.2, 0) is 0 Å². The number of rotatable bonds is 3. The van der Waals surface area contributed by atoms with E-state index in [9.17, 15) is 4.39 Å². The summed E-state index contributed by atoms with van der Waals surface area (Å²) in [5.74, 6) is -0.129. The minimum absolute atomic E-state index is 0.257. The van der Waals surface area contributed by atoms with Crippen LogP contribution in [0.4, 0.5) is 4.39 Å². The number of aromatic nitrogens is 1. The largest absolute Gasteiger partial charge is 0.491 e. The summed E-state index contributed by atoms with van der Waals surface area (Å²) >= 11 is 7.04. The standard InChI is InChI=1S/C11H9ClFNOS/c1-2-15-10-4-3-7(5-8(10)13)9-6-16-11(12)14-9/h3-6H,2H2,1H3. The SMILES string of the molecule is CCOc1ccc(-c2csc(Cl)n2)cc1F. The van der Waals surface area contributed by atoms with Crippen molar-refractivity contribution in [3.05, 3.63) is 33.9 Å². The number of thiazole rings is 1. The van der Waals surface area contributed by atoms with E-state index in [4.69, 9.17) is 16.3 Å². The van der Waals surface area contributed by atoms with E-state index in [-0.39, 0.29) is 11.6 Å². The molecule has 0 aliphatic carbocycles. The molecule has 0 aliphatic heterocycles. The Morgan fingerprint density at radius 3 is 2.88 bits per heavy atom. The fourth-order valence-electron chi connectivity index (χ4n) is 1.32. The molecule has 0 radical (unpaired) electrons. The molecular formula is C11H9ClFNOS. The second-order valence-corrected chi connectivity index (χ2v) is 4.50. The maximum absolute atomic E-state index is 13.5. The quantitative estimate of drug-likeness (QED) is 0.829. The lowest BCUT2D eigenvalue weighted by Crippen LogP contribution is -1.94. The van der Waals surface area contributed by atoms with Crippen LogP contribution in [0.2, 0.25) is 4.47 Å². The predicted molar refractivity (Wildman–Crippen MR) is 63.7 cm³/mol. The summed E-state index contributed by atoms with van der Waals surface area (Å²) in [4.78, 5) is 4.07. The molecule has 0 N–H and O–H groups in total. The Kier molecular flexibility index (Phi) is 3.41. The Hall–Kier alpha value is -1.13. The second kappa shape index (κ2) is 4.80. The van der Waals surface area contributed by atoms with Crippen molar-refractivity contribution in [3.63, 3.8) is 0 Å². The van der Waals surface area contributed by atoms with Crippen LogP contribution in [0.15, 0.2) is 23.6 Å². The first-order chi connectivity index (χ1) is 7.70. The van der Waals surface area contributed by atoms with Gasteiger partial charge in [0.1, 0.15) is 0 Å². The predicted octanol–water partition coefficient (Wildman–Crippen LogP) is 4.00. The van der Waals surface area contributed by atoms with Crippen LogP contribution in [0.25, 0.3) is 11.3 Å². The number of hydrogen-bond acceptors (Lipinski definition) is 3. The Morgan fingerprint density at radius 1 is 1.50 bits per heavy atom. The topological polar surface area (TPSA) is 22.1 Å². The average molecular weight is 258 g/mol. The van der Waals surface area contributed by atoms with E-state index in [1.807, 2.05) is 6.92 Å². The Balaban J connectivity index is 2.34. The van der Waals surface area contributed by atoms with Gasteiger partial charge in [-0.2, -0.15) is 0 Å². The molecule has 0 fully saturated rings. The summed E-state index contributed by atoms with van der Waals surface area (Å²) in [6.07, 6.45) is 0. The maximum atomic E-state index is 13.5. The number of nitrogens with zero attached hydrogens (tertiary/aromatic N) is 1. The van der Waals surface area contributed by atoms with E-state index in [2.05, 4.69) is 4.98 Å². The molecule has 16 heavy (non-hydrogen) atoms. The van der Waals surface area contributed by atoms with E-state index in [1.165, 1.54) is 17.4 Å². The lowest BCUT2D eigenvalue weighted by Gasteiger charge is -2.05. The maximum Gasteiger partial charge on any atom is 0.184 e. The Bertz CT molecular complexity index is 500. The van der Waals surface area contributed by atoms with E-state index in [0.29, 0.717) is 22.3 Å². The molecule has 0 atom stereocenters. The molecule has 2 nitrogen and oxygen atoms in total. The summed E-state index contributed by atoms with van der Waals surface area (Å²) in [6.45, 7) is 2.26. The first kappa shape index (κ1) is 11.4. The first-order valence-corrected chi connectivity index (χ1v) is 6.00. The van der Waals surface area contributed by atoms with Crippen molar-refractivity contribution in [2.24, 2.45) is 0 Å². The van der Waals surface area contributed by atoms with Crippen LogP contribution in [0, 0.1) is 5.82 Å². The zero-order valence-corrected chi connectivity index (χ0v) is 10.1. The van der Waals surface area contributed by atoms with Gasteiger partial charge >= 0.3 is 0 Å². The zero-order valence-electron chi connectivity index (χ0n) is 8.54. The third-order valence-electron chi connectivity index (χ3n) is 2.00. The summed E-state index contributed by atoms with van der Waals surface area (Å²) < 4.78 is 19.1. The van der Waals surface area contributed by atoms with Gasteiger partial charge in [0.15, 0.2) is 16.0 Å². The lowest BCUT2D eigenvalue weighted by atomic mass is 10.1. The van der Waals surface area contributed by atoms with Crippen molar-refractivity contribution in [2.75, 3.05) is 6.61 Å². The fraction of sp³-hybridized carbons (Fsp3) is 0.182. The van der Waals surface area contributed by atoms with E-state index < -0.39 is 0 Å². The summed E-state index contributed by atoms with van der Waals surface area (Å²) in [6, 6.07) is 4.76. The van der Waals surface area contributed by atoms with Gasteiger partial charge in [-0.3, -0.25) is 0 Å². The smallest absolute Gasteiger partial charge is 0.184 e. The highest BCUT2D eigenvalue weighted by Crippen LogP contribution is 2.28. The number of ether oxygens (including phenoxy) is 1. The molecule has 2 aromatic rings. The van der Waals surface area contributed by atoms with Crippen LogP contribution in [-0.4, -0.2) is 11.6 Å². The molecule has 84 valence electrons. The van der Waals surface area contributed by atoms with Crippen molar-refractivity contribution in [1.82, 2.24) is 4.98 Å². The van der Waals surface area contributed by atoms with Crippen LogP contribution >= 0.6 is 22.9 Å². The van der Waals surface area contributed by atoms with Gasteiger partial charge in [0, 0.05) is 10.9 Å². The van der Waals surface area contributed by atoms with Gasteiger partial charge in [-0.1, -0.05) is 11.6 Å². The van der Waals surface area contributed by atoms with Gasteiger partial charge in [-0.05, 0) is 25.1 Å².